The summed E-state index contributed by atoms with van der Waals surface area (Å²) in [7, 11) is 1.67. The van der Waals surface area contributed by atoms with Crippen LogP contribution in [0.5, 0.6) is 0 Å². The standard InChI is InChI=1S/C14H17ClFN3O/c1-10-9-19(6-3-7-20-2)14(17-10)18-13-5-4-11(15)8-12(13)16/h4-5,8-9H,3,6-7H2,1-2H3,(H,17,18). The van der Waals surface area contributed by atoms with E-state index in [-0.39, 0.29) is 0 Å². The van der Waals surface area contributed by atoms with E-state index in [1.54, 1.807) is 19.2 Å². The lowest BCUT2D eigenvalue weighted by atomic mass is 10.3. The molecule has 1 N–H and O–H groups in total. The molecule has 0 aliphatic heterocycles. The first kappa shape index (κ1) is 14.8. The average Bonchev–Trinajstić information content (AvgIpc) is 2.73. The number of anilines is 2. The second-order valence-corrected chi connectivity index (χ2v) is 4.93. The van der Waals surface area contributed by atoms with E-state index in [0.717, 1.165) is 18.7 Å². The molecule has 1 aromatic heterocycles. The third kappa shape index (κ3) is 3.71. The Morgan fingerprint density at radius 3 is 2.95 bits per heavy atom. The predicted molar refractivity (Wildman–Crippen MR) is 78.1 cm³/mol. The molecule has 2 aromatic rings. The molecule has 0 saturated heterocycles. The molecule has 0 unspecified atom stereocenters. The van der Waals surface area contributed by atoms with Crippen molar-refractivity contribution in [3.8, 4) is 0 Å². The molecule has 0 atom stereocenters. The Morgan fingerprint density at radius 1 is 1.45 bits per heavy atom. The molecule has 108 valence electrons. The number of benzene rings is 1. The van der Waals surface area contributed by atoms with Crippen molar-refractivity contribution in [3.63, 3.8) is 0 Å². The highest BCUT2D eigenvalue weighted by Gasteiger charge is 2.09. The van der Waals surface area contributed by atoms with E-state index in [1.807, 2.05) is 17.7 Å². The lowest BCUT2D eigenvalue weighted by molar-refractivity contribution is 0.190. The van der Waals surface area contributed by atoms with Gasteiger partial charge >= 0.3 is 0 Å². The van der Waals surface area contributed by atoms with Crippen molar-refractivity contribution in [1.29, 1.82) is 0 Å². The van der Waals surface area contributed by atoms with Crippen LogP contribution in [0.25, 0.3) is 0 Å². The number of aryl methyl sites for hydroxylation is 2. The van der Waals surface area contributed by atoms with Crippen molar-refractivity contribution >= 4 is 23.2 Å². The van der Waals surface area contributed by atoms with Crippen molar-refractivity contribution in [2.45, 2.75) is 19.9 Å². The number of methoxy groups -OCH3 is 1. The first-order valence-electron chi connectivity index (χ1n) is 6.35. The summed E-state index contributed by atoms with van der Waals surface area (Å²) in [6.45, 7) is 3.33. The zero-order chi connectivity index (χ0) is 14.5. The number of nitrogens with one attached hydrogen (secondary N) is 1. The van der Waals surface area contributed by atoms with Crippen LogP contribution in [0.4, 0.5) is 16.0 Å². The predicted octanol–water partition coefficient (Wildman–Crippen LogP) is 3.76. The maximum atomic E-state index is 13.8. The topological polar surface area (TPSA) is 39.1 Å². The maximum absolute atomic E-state index is 13.8. The van der Waals surface area contributed by atoms with E-state index < -0.39 is 5.82 Å². The first-order chi connectivity index (χ1) is 9.60. The van der Waals surface area contributed by atoms with Crippen LogP contribution < -0.4 is 5.32 Å². The molecule has 0 amide bonds. The van der Waals surface area contributed by atoms with Gasteiger partial charge < -0.3 is 14.6 Å². The van der Waals surface area contributed by atoms with E-state index in [9.17, 15) is 4.39 Å². The molecule has 4 nitrogen and oxygen atoms in total. The summed E-state index contributed by atoms with van der Waals surface area (Å²) in [6, 6.07) is 4.51. The van der Waals surface area contributed by atoms with Crippen LogP contribution in [0.2, 0.25) is 5.02 Å². The Bertz CT molecular complexity index is 586. The molecule has 6 heteroatoms. The van der Waals surface area contributed by atoms with Crippen LogP contribution in [0.3, 0.4) is 0 Å². The quantitative estimate of drug-likeness (QED) is 0.825. The van der Waals surface area contributed by atoms with Gasteiger partial charge in [-0.3, -0.25) is 0 Å². The highest BCUT2D eigenvalue weighted by atomic mass is 35.5. The second-order valence-electron chi connectivity index (χ2n) is 4.49. The number of aromatic nitrogens is 2. The number of halogens is 2. The third-order valence-corrected chi connectivity index (χ3v) is 3.06. The van der Waals surface area contributed by atoms with Crippen molar-refractivity contribution in [2.24, 2.45) is 0 Å². The van der Waals surface area contributed by atoms with Crippen LogP contribution in [-0.4, -0.2) is 23.3 Å². The zero-order valence-electron chi connectivity index (χ0n) is 11.5. The van der Waals surface area contributed by atoms with Crippen LogP contribution in [0.15, 0.2) is 24.4 Å². The number of hydrogen-bond donors (Lipinski definition) is 1. The van der Waals surface area contributed by atoms with E-state index >= 15 is 0 Å². The second kappa shape index (κ2) is 6.72. The van der Waals surface area contributed by atoms with Gasteiger partial charge in [0.25, 0.3) is 0 Å². The van der Waals surface area contributed by atoms with Crippen molar-refractivity contribution < 1.29 is 9.13 Å². The van der Waals surface area contributed by atoms with E-state index in [2.05, 4.69) is 10.3 Å². The number of nitrogens with zero attached hydrogens (tertiary/aromatic N) is 2. The summed E-state index contributed by atoms with van der Waals surface area (Å²) in [5.41, 5.74) is 1.23. The first-order valence-corrected chi connectivity index (χ1v) is 6.72. The molecule has 2 rings (SSSR count). The zero-order valence-corrected chi connectivity index (χ0v) is 12.2. The maximum Gasteiger partial charge on any atom is 0.207 e. The molecule has 0 aliphatic rings. The average molecular weight is 298 g/mol. The van der Waals surface area contributed by atoms with Gasteiger partial charge in [0.1, 0.15) is 5.82 Å². The van der Waals surface area contributed by atoms with Gasteiger partial charge in [0.05, 0.1) is 11.4 Å². The molecule has 0 fully saturated rings. The highest BCUT2D eigenvalue weighted by Crippen LogP contribution is 2.22. The summed E-state index contributed by atoms with van der Waals surface area (Å²) in [5.74, 6) is 0.210. The molecule has 0 aliphatic carbocycles. The SMILES string of the molecule is COCCCn1cc(C)nc1Nc1ccc(Cl)cc1F. The van der Waals surface area contributed by atoms with Gasteiger partial charge in [-0.2, -0.15) is 0 Å². The molecule has 0 radical (unpaired) electrons. The Balaban J connectivity index is 2.15. The minimum atomic E-state index is -0.401. The minimum absolute atomic E-state index is 0.355. The van der Waals surface area contributed by atoms with Crippen LogP contribution >= 0.6 is 11.6 Å². The van der Waals surface area contributed by atoms with Crippen LogP contribution in [-0.2, 0) is 11.3 Å². The highest BCUT2D eigenvalue weighted by molar-refractivity contribution is 6.30. The molecule has 0 saturated carbocycles. The van der Waals surface area contributed by atoms with E-state index in [1.165, 1.54) is 6.07 Å². The Labute approximate surface area is 122 Å². The Morgan fingerprint density at radius 2 is 2.25 bits per heavy atom. The van der Waals surface area contributed by atoms with Crippen LogP contribution in [0, 0.1) is 12.7 Å². The van der Waals surface area contributed by atoms with E-state index in [4.69, 9.17) is 16.3 Å². The summed E-state index contributed by atoms with van der Waals surface area (Å²) >= 11 is 5.74. The summed E-state index contributed by atoms with van der Waals surface area (Å²) < 4.78 is 20.8. The molecular formula is C14H17ClFN3O. The van der Waals surface area contributed by atoms with Gasteiger partial charge in [-0.1, -0.05) is 11.6 Å². The smallest absolute Gasteiger partial charge is 0.207 e. The van der Waals surface area contributed by atoms with Gasteiger partial charge in [0, 0.05) is 31.5 Å². The van der Waals surface area contributed by atoms with Gasteiger partial charge in [0.2, 0.25) is 5.95 Å². The minimum Gasteiger partial charge on any atom is -0.385 e. The summed E-state index contributed by atoms with van der Waals surface area (Å²) in [5, 5.41) is 3.36. The third-order valence-electron chi connectivity index (χ3n) is 2.82. The van der Waals surface area contributed by atoms with Crippen molar-refractivity contribution in [2.75, 3.05) is 19.0 Å². The number of ether oxygens (including phenoxy) is 1. The van der Waals surface area contributed by atoms with Crippen LogP contribution in [0.1, 0.15) is 12.1 Å². The Hall–Kier alpha value is -1.59. The summed E-state index contributed by atoms with van der Waals surface area (Å²) in [4.78, 5) is 4.36. The fourth-order valence-electron chi connectivity index (χ4n) is 1.91. The van der Waals surface area contributed by atoms with Gasteiger partial charge in [-0.15, -0.1) is 0 Å². The molecule has 1 aromatic carbocycles. The molecule has 20 heavy (non-hydrogen) atoms. The Kier molecular flexibility index (Phi) is 4.98. The van der Waals surface area contributed by atoms with Gasteiger partial charge in [-0.05, 0) is 31.5 Å². The largest absolute Gasteiger partial charge is 0.385 e. The molecule has 0 bridgehead atoms. The van der Waals surface area contributed by atoms with Crippen molar-refractivity contribution in [3.05, 3.63) is 40.9 Å². The normalized spacial score (nSPS) is 10.8. The summed E-state index contributed by atoms with van der Waals surface area (Å²) in [6.07, 6.45) is 2.79. The molecule has 0 spiro atoms. The lowest BCUT2D eigenvalue weighted by Crippen LogP contribution is -2.06. The van der Waals surface area contributed by atoms with E-state index in [0.29, 0.717) is 23.3 Å². The van der Waals surface area contributed by atoms with Crippen molar-refractivity contribution in [1.82, 2.24) is 9.55 Å². The fraction of sp³-hybridized carbons (Fsp3) is 0.357. The number of hydrogen-bond acceptors (Lipinski definition) is 3. The monoisotopic (exact) mass is 297 g/mol. The molecular weight excluding hydrogens is 281 g/mol. The molecule has 1 heterocycles. The number of rotatable bonds is 6. The van der Waals surface area contributed by atoms with Gasteiger partial charge in [0.15, 0.2) is 0 Å². The number of imidazole rings is 1. The van der Waals surface area contributed by atoms with Gasteiger partial charge in [-0.25, -0.2) is 9.37 Å². The fourth-order valence-corrected chi connectivity index (χ4v) is 2.07. The lowest BCUT2D eigenvalue weighted by Gasteiger charge is -2.10.